The number of nitrogens with zero attached hydrogens (tertiary/aromatic N) is 4. The number of aromatic nitrogens is 3. The van der Waals surface area contributed by atoms with Crippen molar-refractivity contribution in [2.24, 2.45) is 0 Å². The highest BCUT2D eigenvalue weighted by Crippen LogP contribution is 2.29. The lowest BCUT2D eigenvalue weighted by Gasteiger charge is -2.13. The Morgan fingerprint density at radius 1 is 1.04 bits per heavy atom. The predicted molar refractivity (Wildman–Crippen MR) is 105 cm³/mol. The van der Waals surface area contributed by atoms with Gasteiger partial charge in [-0.1, -0.05) is 11.6 Å². The summed E-state index contributed by atoms with van der Waals surface area (Å²) < 4.78 is 5.31. The molecule has 3 rings (SSSR count). The van der Waals surface area contributed by atoms with E-state index in [-0.39, 0.29) is 0 Å². The van der Waals surface area contributed by atoms with Crippen molar-refractivity contribution in [2.45, 2.75) is 0 Å². The molecule has 1 heterocycles. The molecule has 0 fully saturated rings. The average molecular weight is 371 g/mol. The third-order valence-corrected chi connectivity index (χ3v) is 3.86. The van der Waals surface area contributed by atoms with Gasteiger partial charge in [0.2, 0.25) is 5.95 Å². The molecule has 0 spiro atoms. The fourth-order valence-corrected chi connectivity index (χ4v) is 2.48. The average Bonchev–Trinajstić information content (AvgIpc) is 2.63. The van der Waals surface area contributed by atoms with Crippen LogP contribution in [0.4, 0.5) is 28.8 Å². The minimum absolute atomic E-state index is 0.334. The van der Waals surface area contributed by atoms with Crippen LogP contribution in [0.1, 0.15) is 0 Å². The molecule has 0 aliphatic carbocycles. The first-order valence-corrected chi connectivity index (χ1v) is 8.27. The van der Waals surface area contributed by atoms with Crippen LogP contribution in [0.2, 0.25) is 5.02 Å². The Morgan fingerprint density at radius 3 is 2.50 bits per heavy atom. The number of hydrogen-bond acceptors (Lipinski definition) is 7. The van der Waals surface area contributed by atoms with Gasteiger partial charge in [-0.05, 0) is 42.5 Å². The maximum absolute atomic E-state index is 6.05. The van der Waals surface area contributed by atoms with Gasteiger partial charge >= 0.3 is 0 Å². The highest BCUT2D eigenvalue weighted by Gasteiger charge is 2.07. The molecule has 0 radical (unpaired) electrons. The minimum Gasteiger partial charge on any atom is -0.495 e. The number of rotatable bonds is 6. The van der Waals surface area contributed by atoms with Crippen LogP contribution in [-0.2, 0) is 0 Å². The molecule has 0 bridgehead atoms. The summed E-state index contributed by atoms with van der Waals surface area (Å²) in [4.78, 5) is 6.46. The van der Waals surface area contributed by atoms with Crippen LogP contribution in [0, 0.1) is 0 Å². The first-order valence-electron chi connectivity index (χ1n) is 7.90. The van der Waals surface area contributed by atoms with E-state index >= 15 is 0 Å². The van der Waals surface area contributed by atoms with Gasteiger partial charge in [-0.3, -0.25) is 0 Å². The summed E-state index contributed by atoms with van der Waals surface area (Å²) in [5.41, 5.74) is 2.68. The van der Waals surface area contributed by atoms with E-state index in [1.165, 1.54) is 0 Å². The minimum atomic E-state index is 0.334. The molecule has 2 aromatic carbocycles. The SMILES string of the molecule is COc1ccc(Cl)cc1Nc1nncc(Nc2ccc(N(C)C)cc2)n1. The number of methoxy groups -OCH3 is 1. The lowest BCUT2D eigenvalue weighted by Crippen LogP contribution is -2.08. The van der Waals surface area contributed by atoms with Gasteiger partial charge < -0.3 is 20.3 Å². The van der Waals surface area contributed by atoms with Gasteiger partial charge in [0.05, 0.1) is 19.0 Å². The van der Waals surface area contributed by atoms with Crippen LogP contribution in [0.15, 0.2) is 48.7 Å². The molecule has 3 aromatic rings. The number of benzene rings is 2. The van der Waals surface area contributed by atoms with Crippen LogP contribution in [0.25, 0.3) is 0 Å². The van der Waals surface area contributed by atoms with E-state index in [0.717, 1.165) is 11.4 Å². The quantitative estimate of drug-likeness (QED) is 0.676. The number of hydrogen-bond donors (Lipinski definition) is 2. The van der Waals surface area contributed by atoms with E-state index in [9.17, 15) is 0 Å². The summed E-state index contributed by atoms with van der Waals surface area (Å²) in [6, 6.07) is 13.3. The van der Waals surface area contributed by atoms with Crippen LogP contribution in [0.3, 0.4) is 0 Å². The van der Waals surface area contributed by atoms with Gasteiger partial charge in [0.15, 0.2) is 5.82 Å². The molecule has 0 unspecified atom stereocenters. The standard InChI is InChI=1S/C18H19ClN6O/c1-25(2)14-7-5-13(6-8-14)21-17-11-20-24-18(23-17)22-15-10-12(19)4-9-16(15)26-3/h4-11H,1-3H3,(H2,21,22,23,24). The maximum atomic E-state index is 6.05. The van der Waals surface area contributed by atoms with Crippen LogP contribution in [0.5, 0.6) is 5.75 Å². The Bertz CT molecular complexity index is 885. The molecule has 0 aliphatic heterocycles. The molecule has 2 N–H and O–H groups in total. The van der Waals surface area contributed by atoms with Crippen LogP contribution in [-0.4, -0.2) is 36.4 Å². The van der Waals surface area contributed by atoms with Crippen molar-refractivity contribution < 1.29 is 4.74 Å². The molecule has 0 saturated carbocycles. The third-order valence-electron chi connectivity index (χ3n) is 3.62. The van der Waals surface area contributed by atoms with Crippen LogP contribution < -0.4 is 20.3 Å². The van der Waals surface area contributed by atoms with Crippen molar-refractivity contribution in [2.75, 3.05) is 36.7 Å². The molecular weight excluding hydrogens is 352 g/mol. The second kappa shape index (κ2) is 7.88. The number of ether oxygens (including phenoxy) is 1. The van der Waals surface area contributed by atoms with Gasteiger partial charge in [0.25, 0.3) is 0 Å². The normalized spacial score (nSPS) is 10.3. The van der Waals surface area contributed by atoms with E-state index in [1.54, 1.807) is 31.5 Å². The van der Waals surface area contributed by atoms with Gasteiger partial charge in [0.1, 0.15) is 5.75 Å². The lowest BCUT2D eigenvalue weighted by atomic mass is 10.2. The molecule has 8 heteroatoms. The second-order valence-electron chi connectivity index (χ2n) is 5.70. The number of halogens is 1. The van der Waals surface area contributed by atoms with Crippen molar-refractivity contribution in [3.05, 3.63) is 53.7 Å². The topological polar surface area (TPSA) is 75.2 Å². The van der Waals surface area contributed by atoms with Crippen molar-refractivity contribution in [1.82, 2.24) is 15.2 Å². The Labute approximate surface area is 157 Å². The van der Waals surface area contributed by atoms with Crippen LogP contribution >= 0.6 is 11.6 Å². The predicted octanol–water partition coefficient (Wildman–Crippen LogP) is 4.09. The first-order chi connectivity index (χ1) is 12.5. The maximum Gasteiger partial charge on any atom is 0.249 e. The first kappa shape index (κ1) is 17.8. The van der Waals surface area contributed by atoms with E-state index in [4.69, 9.17) is 16.3 Å². The number of anilines is 5. The Balaban J connectivity index is 1.77. The van der Waals surface area contributed by atoms with Gasteiger partial charge in [0, 0.05) is 30.5 Å². The fraction of sp³-hybridized carbons (Fsp3) is 0.167. The zero-order chi connectivity index (χ0) is 18.5. The fourth-order valence-electron chi connectivity index (χ4n) is 2.31. The largest absolute Gasteiger partial charge is 0.495 e. The zero-order valence-electron chi connectivity index (χ0n) is 14.7. The molecule has 0 atom stereocenters. The highest BCUT2D eigenvalue weighted by molar-refractivity contribution is 6.31. The zero-order valence-corrected chi connectivity index (χ0v) is 15.4. The summed E-state index contributed by atoms with van der Waals surface area (Å²) in [7, 11) is 5.58. The molecular formula is C18H19ClN6O. The summed E-state index contributed by atoms with van der Waals surface area (Å²) in [6.07, 6.45) is 1.56. The van der Waals surface area contributed by atoms with Crippen molar-refractivity contribution in [3.63, 3.8) is 0 Å². The number of nitrogens with one attached hydrogen (secondary N) is 2. The Kier molecular flexibility index (Phi) is 5.38. The smallest absolute Gasteiger partial charge is 0.249 e. The summed E-state index contributed by atoms with van der Waals surface area (Å²) >= 11 is 6.05. The molecule has 26 heavy (non-hydrogen) atoms. The molecule has 134 valence electrons. The molecule has 0 saturated heterocycles. The summed E-state index contributed by atoms with van der Waals surface area (Å²) in [5, 5.41) is 14.8. The Morgan fingerprint density at radius 2 is 1.81 bits per heavy atom. The van der Waals surface area contributed by atoms with Gasteiger partial charge in [-0.15, -0.1) is 5.10 Å². The lowest BCUT2D eigenvalue weighted by molar-refractivity contribution is 0.417. The molecule has 0 aliphatic rings. The van der Waals surface area contributed by atoms with E-state index in [0.29, 0.717) is 28.2 Å². The molecule has 1 aromatic heterocycles. The molecule has 7 nitrogen and oxygen atoms in total. The van der Waals surface area contributed by atoms with Crippen molar-refractivity contribution in [1.29, 1.82) is 0 Å². The Hall–Kier alpha value is -3.06. The summed E-state index contributed by atoms with van der Waals surface area (Å²) in [5.74, 6) is 1.54. The second-order valence-corrected chi connectivity index (χ2v) is 6.14. The van der Waals surface area contributed by atoms with E-state index in [2.05, 4.69) is 25.8 Å². The van der Waals surface area contributed by atoms with Gasteiger partial charge in [-0.25, -0.2) is 0 Å². The monoisotopic (exact) mass is 370 g/mol. The third kappa shape index (κ3) is 4.31. The van der Waals surface area contributed by atoms with Crippen molar-refractivity contribution >= 4 is 40.4 Å². The summed E-state index contributed by atoms with van der Waals surface area (Å²) in [6.45, 7) is 0. The van der Waals surface area contributed by atoms with Crippen molar-refractivity contribution in [3.8, 4) is 5.75 Å². The van der Waals surface area contributed by atoms with E-state index in [1.807, 2.05) is 43.3 Å². The van der Waals surface area contributed by atoms with E-state index < -0.39 is 0 Å². The van der Waals surface area contributed by atoms with Gasteiger partial charge in [-0.2, -0.15) is 10.1 Å². The highest BCUT2D eigenvalue weighted by atomic mass is 35.5. The molecule has 0 amide bonds.